The van der Waals surface area contributed by atoms with E-state index < -0.39 is 23.3 Å². The van der Waals surface area contributed by atoms with Crippen LogP contribution in [-0.4, -0.2) is 113 Å². The van der Waals surface area contributed by atoms with Gasteiger partial charge in [-0.2, -0.15) is 13.2 Å². The summed E-state index contributed by atoms with van der Waals surface area (Å²) >= 11 is 0. The Balaban J connectivity index is 1.37. The Kier molecular flexibility index (Phi) is 11.7. The number of hydrogen-bond acceptors (Lipinski definition) is 8. The first-order chi connectivity index (χ1) is 22.6. The summed E-state index contributed by atoms with van der Waals surface area (Å²) in [6.07, 6.45) is 7.22. The number of hydrogen-bond donors (Lipinski definition) is 3. The van der Waals surface area contributed by atoms with E-state index in [1.165, 1.54) is 6.08 Å². The van der Waals surface area contributed by atoms with E-state index >= 15 is 0 Å². The van der Waals surface area contributed by atoms with Crippen LogP contribution in [-0.2, 0) is 19.0 Å². The highest BCUT2D eigenvalue weighted by atomic mass is 19.4. The summed E-state index contributed by atoms with van der Waals surface area (Å²) in [5, 5.41) is 9.26. The normalized spacial score (nSPS) is 29.4. The number of methoxy groups -OCH3 is 1. The van der Waals surface area contributed by atoms with Crippen molar-refractivity contribution in [2.75, 3.05) is 66.8 Å². The second-order valence-electron chi connectivity index (χ2n) is 13.4. The molecule has 5 aliphatic rings. The van der Waals surface area contributed by atoms with Gasteiger partial charge in [0.05, 0.1) is 23.7 Å². The lowest BCUT2D eigenvalue weighted by atomic mass is 9.79. The van der Waals surface area contributed by atoms with Crippen molar-refractivity contribution in [2.24, 2.45) is 11.3 Å². The predicted octanol–water partition coefficient (Wildman–Crippen LogP) is 4.03. The summed E-state index contributed by atoms with van der Waals surface area (Å²) in [5.74, 6) is -0.386. The van der Waals surface area contributed by atoms with Gasteiger partial charge in [-0.15, -0.1) is 0 Å². The average molecular weight is 666 g/mol. The van der Waals surface area contributed by atoms with Crippen molar-refractivity contribution in [2.45, 2.75) is 76.2 Å². The van der Waals surface area contributed by atoms with E-state index in [1.54, 1.807) is 12.0 Å². The molecule has 0 aromatic heterocycles. The Bertz CT molecular complexity index is 1270. The summed E-state index contributed by atoms with van der Waals surface area (Å²) < 4.78 is 58.1. The molecule has 10 nitrogen and oxygen atoms in total. The molecule has 3 fully saturated rings. The summed E-state index contributed by atoms with van der Waals surface area (Å²) in [6.45, 7) is 4.13. The maximum atomic E-state index is 14.4. The van der Waals surface area contributed by atoms with Crippen molar-refractivity contribution in [3.8, 4) is 0 Å². The molecule has 5 rings (SSSR count). The Morgan fingerprint density at radius 3 is 2.83 bits per heavy atom. The molecular weight excluding hydrogens is 615 g/mol. The topological polar surface area (TPSA) is 104 Å². The number of likely N-dealkylation sites (tertiary alicyclic amines) is 1. The number of nitrogens with zero attached hydrogens (tertiary/aromatic N) is 2. The van der Waals surface area contributed by atoms with E-state index in [9.17, 15) is 22.8 Å². The lowest BCUT2D eigenvalue weighted by Crippen LogP contribution is -2.56. The van der Waals surface area contributed by atoms with Crippen LogP contribution in [0.15, 0.2) is 46.7 Å². The highest BCUT2D eigenvalue weighted by Crippen LogP contribution is 2.51. The van der Waals surface area contributed by atoms with Gasteiger partial charge in [0.1, 0.15) is 6.61 Å². The molecule has 2 unspecified atom stereocenters. The van der Waals surface area contributed by atoms with Crippen molar-refractivity contribution in [3.63, 3.8) is 0 Å². The third kappa shape index (κ3) is 8.06. The van der Waals surface area contributed by atoms with E-state index in [4.69, 9.17) is 14.2 Å². The molecular formula is C34H50F3N5O5. The van der Waals surface area contributed by atoms with Gasteiger partial charge in [0, 0.05) is 64.3 Å². The molecule has 3 aliphatic heterocycles. The minimum atomic E-state index is -4.46. The Hall–Kier alpha value is -2.87. The van der Waals surface area contributed by atoms with Gasteiger partial charge < -0.3 is 35.1 Å². The van der Waals surface area contributed by atoms with Crippen molar-refractivity contribution in [1.82, 2.24) is 25.8 Å². The van der Waals surface area contributed by atoms with Crippen LogP contribution in [0.5, 0.6) is 0 Å². The zero-order chi connectivity index (χ0) is 33.6. The molecule has 2 amide bonds. The van der Waals surface area contributed by atoms with Gasteiger partial charge in [-0.25, -0.2) is 4.79 Å². The third-order valence-electron chi connectivity index (χ3n) is 10.4. The number of nitrogens with one attached hydrogen (secondary N) is 3. The Morgan fingerprint density at radius 2 is 2.13 bits per heavy atom. The second kappa shape index (κ2) is 15.6. The van der Waals surface area contributed by atoms with Crippen LogP contribution in [0, 0.1) is 11.3 Å². The molecule has 3 heterocycles. The summed E-state index contributed by atoms with van der Waals surface area (Å²) in [6, 6.07) is 0.115. The fourth-order valence-corrected chi connectivity index (χ4v) is 7.96. The SMILES string of the molecule is CCCC1=C(CNC(=O)[C@]23C[C@H](N(CNC)C4CCOCC4OC)C[C@H]2CN(C(=O)OCC2=CC=CCC2)C3)C=C(C(F)(F)F)CN1. The van der Waals surface area contributed by atoms with Crippen LogP contribution in [0.3, 0.4) is 0 Å². The van der Waals surface area contributed by atoms with Crippen molar-refractivity contribution in [3.05, 3.63) is 46.7 Å². The van der Waals surface area contributed by atoms with Crippen LogP contribution in [0.2, 0.25) is 0 Å². The fourth-order valence-electron chi connectivity index (χ4n) is 7.96. The van der Waals surface area contributed by atoms with Gasteiger partial charge in [-0.3, -0.25) is 9.69 Å². The molecule has 0 aromatic carbocycles. The van der Waals surface area contributed by atoms with Crippen LogP contribution in [0.4, 0.5) is 18.0 Å². The smallest absolute Gasteiger partial charge is 0.414 e. The lowest BCUT2D eigenvalue weighted by molar-refractivity contribution is -0.131. The molecule has 5 atom stereocenters. The molecule has 1 saturated carbocycles. The first kappa shape index (κ1) is 35.4. The van der Waals surface area contributed by atoms with Gasteiger partial charge in [-0.1, -0.05) is 31.6 Å². The number of allylic oxidation sites excluding steroid dienone is 4. The van der Waals surface area contributed by atoms with Gasteiger partial charge in [0.25, 0.3) is 0 Å². The number of halogens is 3. The molecule has 2 aliphatic carbocycles. The van der Waals surface area contributed by atoms with Crippen molar-refractivity contribution in [1.29, 1.82) is 0 Å². The summed E-state index contributed by atoms with van der Waals surface area (Å²) in [5.41, 5.74) is 0.618. The highest BCUT2D eigenvalue weighted by Gasteiger charge is 2.60. The minimum Gasteiger partial charge on any atom is -0.445 e. The molecule has 262 valence electrons. The molecule has 0 bridgehead atoms. The van der Waals surface area contributed by atoms with Gasteiger partial charge in [-0.05, 0) is 68.7 Å². The number of alkyl halides is 3. The quantitative estimate of drug-likeness (QED) is 0.269. The number of fused-ring (bicyclic) bond motifs is 1. The zero-order valence-corrected chi connectivity index (χ0v) is 27.8. The largest absolute Gasteiger partial charge is 0.445 e. The van der Waals surface area contributed by atoms with Gasteiger partial charge in [0.2, 0.25) is 5.91 Å². The number of amides is 2. The van der Waals surface area contributed by atoms with Gasteiger partial charge >= 0.3 is 12.3 Å². The van der Waals surface area contributed by atoms with Crippen LogP contribution in [0.1, 0.15) is 51.9 Å². The van der Waals surface area contributed by atoms with E-state index in [2.05, 4.69) is 26.9 Å². The maximum Gasteiger partial charge on any atom is 0.414 e. The molecule has 13 heteroatoms. The van der Waals surface area contributed by atoms with E-state index in [-0.39, 0.29) is 56.3 Å². The molecule has 3 N–H and O–H groups in total. The van der Waals surface area contributed by atoms with E-state index in [0.29, 0.717) is 57.0 Å². The van der Waals surface area contributed by atoms with Crippen LogP contribution >= 0.6 is 0 Å². The first-order valence-electron chi connectivity index (χ1n) is 16.9. The summed E-state index contributed by atoms with van der Waals surface area (Å²) in [4.78, 5) is 31.7. The highest BCUT2D eigenvalue weighted by molar-refractivity contribution is 5.86. The third-order valence-corrected chi connectivity index (χ3v) is 10.4. The Labute approximate surface area is 275 Å². The number of carbonyl (C=O) groups excluding carboxylic acids is 2. The molecule has 47 heavy (non-hydrogen) atoms. The molecule has 0 aromatic rings. The summed E-state index contributed by atoms with van der Waals surface area (Å²) in [7, 11) is 3.58. The number of dihydropyridines is 1. The van der Waals surface area contributed by atoms with E-state index in [0.717, 1.165) is 31.3 Å². The Morgan fingerprint density at radius 1 is 1.30 bits per heavy atom. The molecule has 2 saturated heterocycles. The van der Waals surface area contributed by atoms with Gasteiger partial charge in [0.15, 0.2) is 0 Å². The molecule has 0 spiro atoms. The fraction of sp³-hybridized carbons (Fsp3) is 0.706. The first-order valence-corrected chi connectivity index (χ1v) is 16.9. The number of carbonyl (C=O) groups is 2. The monoisotopic (exact) mass is 665 g/mol. The van der Waals surface area contributed by atoms with Crippen LogP contribution in [0.25, 0.3) is 0 Å². The van der Waals surface area contributed by atoms with Crippen LogP contribution < -0.4 is 16.0 Å². The van der Waals surface area contributed by atoms with Crippen molar-refractivity contribution >= 4 is 12.0 Å². The lowest BCUT2D eigenvalue weighted by Gasteiger charge is -2.42. The van der Waals surface area contributed by atoms with Crippen molar-refractivity contribution < 1.29 is 37.0 Å². The average Bonchev–Trinajstić information content (AvgIpc) is 3.62. The predicted molar refractivity (Wildman–Crippen MR) is 171 cm³/mol. The number of ether oxygens (including phenoxy) is 3. The van der Waals surface area contributed by atoms with E-state index in [1.807, 2.05) is 26.1 Å². The zero-order valence-electron chi connectivity index (χ0n) is 27.8. The minimum absolute atomic E-state index is 0.0271. The second-order valence-corrected chi connectivity index (χ2v) is 13.4. The molecule has 0 radical (unpaired) electrons. The number of rotatable bonds is 12. The maximum absolute atomic E-state index is 14.4. The standard InChI is InChI=1S/C34H50F3N5O5/c1-4-8-28-24(13-25(17-39-28)34(35,36)37)16-40-31(43)33-15-27(42(22-38-2)29-11-12-46-20-30(29)45-3)14-26(33)18-41(21-33)32(44)47-19-23-9-6-5-7-10-23/h5-6,9,13,26-27,29-30,38-39H,4,7-8,10-12,14-22H2,1-3H3,(H,40,43)/t26-,27+,29?,30?,33-/m0/s1.